The van der Waals surface area contributed by atoms with Crippen LogP contribution in [0.25, 0.3) is 0 Å². The fourth-order valence-electron chi connectivity index (χ4n) is 5.73. The zero-order valence-corrected chi connectivity index (χ0v) is 33.7. The summed E-state index contributed by atoms with van der Waals surface area (Å²) in [5, 5.41) is 10.5. The highest BCUT2D eigenvalue weighted by Gasteiger charge is 2.37. The molecular weight excluding hydrogens is 713 g/mol. The van der Waals surface area contributed by atoms with E-state index in [2.05, 4.69) is 62.2 Å². The minimum absolute atomic E-state index is 0.0600. The number of carbonyl (C=O) groups excluding carboxylic acids is 6. The summed E-state index contributed by atoms with van der Waals surface area (Å²) in [7, 11) is 2.07. The number of piperidine rings is 1. The Kier molecular flexibility index (Phi) is 20.4. The predicted molar refractivity (Wildman–Crippen MR) is 209 cm³/mol. The second-order valence-electron chi connectivity index (χ2n) is 13.4. The van der Waals surface area contributed by atoms with E-state index in [4.69, 9.17) is 4.74 Å². The van der Waals surface area contributed by atoms with Crippen LogP contribution in [0.3, 0.4) is 0 Å². The first kappa shape index (κ1) is 45.7. The lowest BCUT2D eigenvalue weighted by atomic mass is 9.88. The molecular formula is C38H60N8O7S. The van der Waals surface area contributed by atoms with E-state index in [-0.39, 0.29) is 43.0 Å². The molecule has 2 heterocycles. The largest absolute Gasteiger partial charge is 0.447 e. The van der Waals surface area contributed by atoms with Gasteiger partial charge in [0.1, 0.15) is 30.5 Å². The Bertz CT molecular complexity index is 1470. The molecule has 15 nitrogen and oxygen atoms in total. The van der Waals surface area contributed by atoms with E-state index in [0.29, 0.717) is 43.8 Å². The first-order valence-corrected chi connectivity index (χ1v) is 20.0. The number of ketones is 1. The van der Waals surface area contributed by atoms with Crippen molar-refractivity contribution in [3.63, 3.8) is 0 Å². The van der Waals surface area contributed by atoms with Crippen LogP contribution in [0.4, 0.5) is 4.79 Å². The summed E-state index contributed by atoms with van der Waals surface area (Å²) in [4.78, 5) is 88.6. The van der Waals surface area contributed by atoms with Crippen molar-refractivity contribution in [3.05, 3.63) is 54.1 Å². The van der Waals surface area contributed by atoms with Gasteiger partial charge in [0.2, 0.25) is 23.6 Å². The Hall–Kier alpha value is -4.44. The maximum Gasteiger partial charge on any atom is 0.409 e. The van der Waals surface area contributed by atoms with Crippen molar-refractivity contribution in [3.8, 4) is 0 Å². The number of imidazole rings is 1. The normalized spacial score (nSPS) is 15.1. The van der Waals surface area contributed by atoms with E-state index in [0.717, 1.165) is 6.54 Å². The molecule has 5 N–H and O–H groups in total. The number of rotatable bonds is 20. The van der Waals surface area contributed by atoms with Crippen LogP contribution < -0.4 is 21.3 Å². The Balaban J connectivity index is 0.00000495. The topological polar surface area (TPSA) is 195 Å². The van der Waals surface area contributed by atoms with Gasteiger partial charge in [-0.25, -0.2) is 9.78 Å². The minimum Gasteiger partial charge on any atom is -0.447 e. The molecule has 0 aliphatic carbocycles. The molecule has 16 heteroatoms. The van der Waals surface area contributed by atoms with Gasteiger partial charge >= 0.3 is 6.09 Å². The molecule has 0 radical (unpaired) electrons. The SMILES string of the molecule is CC.CCCC(=O)NC(Cc1cnc[nH]1)C(=O)NC(COC(=O)N1CCC(C)(N(C)Cc2ccccc2)CC1)C(=O)NC(CCSC)C(=O)NCC(C)=O. The van der Waals surface area contributed by atoms with E-state index in [1.807, 2.05) is 45.2 Å². The van der Waals surface area contributed by atoms with Gasteiger partial charge in [-0.05, 0) is 64.2 Å². The molecule has 0 saturated carbocycles. The number of hydrogen-bond donors (Lipinski definition) is 5. The van der Waals surface area contributed by atoms with Crippen LogP contribution in [0.15, 0.2) is 42.9 Å². The van der Waals surface area contributed by atoms with Crippen LogP contribution in [-0.4, -0.2) is 124 Å². The van der Waals surface area contributed by atoms with Crippen molar-refractivity contribution in [1.82, 2.24) is 41.0 Å². The van der Waals surface area contributed by atoms with Crippen LogP contribution in [0.2, 0.25) is 0 Å². The highest BCUT2D eigenvalue weighted by molar-refractivity contribution is 7.98. The molecule has 1 aliphatic heterocycles. The molecule has 2 aromatic rings. The number of H-pyrrole nitrogens is 1. The van der Waals surface area contributed by atoms with Gasteiger partial charge in [-0.15, -0.1) is 0 Å². The second kappa shape index (κ2) is 24.1. The highest BCUT2D eigenvalue weighted by Crippen LogP contribution is 2.29. The van der Waals surface area contributed by atoms with Crippen molar-refractivity contribution in [1.29, 1.82) is 0 Å². The molecule has 1 aliphatic rings. The fourth-order valence-corrected chi connectivity index (χ4v) is 6.20. The van der Waals surface area contributed by atoms with E-state index in [1.165, 1.54) is 36.8 Å². The Labute approximate surface area is 323 Å². The van der Waals surface area contributed by atoms with E-state index >= 15 is 0 Å². The summed E-state index contributed by atoms with van der Waals surface area (Å²) in [5.74, 6) is -2.09. The third kappa shape index (κ3) is 15.5. The van der Waals surface area contributed by atoms with Crippen molar-refractivity contribution in [2.24, 2.45) is 0 Å². The number of nitrogens with one attached hydrogen (secondary N) is 5. The zero-order chi connectivity index (χ0) is 40.1. The molecule has 3 rings (SSSR count). The average Bonchev–Trinajstić information content (AvgIpc) is 3.68. The number of aromatic amines is 1. The molecule has 300 valence electrons. The lowest BCUT2D eigenvalue weighted by Crippen LogP contribution is -2.59. The van der Waals surface area contributed by atoms with Crippen molar-refractivity contribution < 1.29 is 33.5 Å². The average molecular weight is 773 g/mol. The van der Waals surface area contributed by atoms with Crippen LogP contribution in [0, 0.1) is 0 Å². The van der Waals surface area contributed by atoms with E-state index in [1.54, 1.807) is 4.90 Å². The first-order chi connectivity index (χ1) is 25.8. The summed E-state index contributed by atoms with van der Waals surface area (Å²) in [5.41, 5.74) is 1.63. The number of thioether (sulfide) groups is 1. The molecule has 54 heavy (non-hydrogen) atoms. The van der Waals surface area contributed by atoms with Crippen LogP contribution >= 0.6 is 11.8 Å². The minimum atomic E-state index is -1.41. The van der Waals surface area contributed by atoms with Gasteiger partial charge in [0.05, 0.1) is 12.9 Å². The standard InChI is InChI=1S/C36H54N8O7S.C2H6/c1-6-10-31(46)40-29(19-27-21-37-24-39-27)33(48)42-30(34(49)41-28(13-18-52-5)32(47)38-20-25(2)45)23-51-35(50)44-16-14-36(3,15-17-44)43(4)22-26-11-8-7-9-12-26;1-2/h7-9,11-12,21,24,28-30H,6,10,13-20,22-23H2,1-5H3,(H,37,39)(H,38,47)(H,40,46)(H,41,49)(H,42,48);1-2H3. The molecule has 0 bridgehead atoms. The quantitative estimate of drug-likeness (QED) is 0.134. The highest BCUT2D eigenvalue weighted by atomic mass is 32.2. The molecule has 5 amide bonds. The van der Waals surface area contributed by atoms with Gasteiger partial charge in [0.25, 0.3) is 0 Å². The maximum atomic E-state index is 13.8. The molecule has 1 aromatic heterocycles. The van der Waals surface area contributed by atoms with Gasteiger partial charge in [0, 0.05) is 49.9 Å². The van der Waals surface area contributed by atoms with Gasteiger partial charge in [-0.1, -0.05) is 51.1 Å². The molecule has 3 unspecified atom stereocenters. The summed E-state index contributed by atoms with van der Waals surface area (Å²) in [6, 6.07) is 6.66. The molecule has 3 atom stereocenters. The van der Waals surface area contributed by atoms with Gasteiger partial charge in [-0.3, -0.25) is 28.9 Å². The summed E-state index contributed by atoms with van der Waals surface area (Å²) in [6.07, 6.45) is 6.65. The predicted octanol–water partition coefficient (Wildman–Crippen LogP) is 2.81. The van der Waals surface area contributed by atoms with Gasteiger partial charge in [0.15, 0.2) is 0 Å². The third-order valence-corrected chi connectivity index (χ3v) is 9.80. The zero-order valence-electron chi connectivity index (χ0n) is 32.9. The Morgan fingerprint density at radius 3 is 2.22 bits per heavy atom. The third-order valence-electron chi connectivity index (χ3n) is 9.15. The van der Waals surface area contributed by atoms with E-state index in [9.17, 15) is 28.8 Å². The molecule has 0 spiro atoms. The van der Waals surface area contributed by atoms with Crippen molar-refractivity contribution >= 4 is 47.3 Å². The number of hydrogen-bond acceptors (Lipinski definition) is 10. The molecule has 1 aromatic carbocycles. The Morgan fingerprint density at radius 1 is 0.981 bits per heavy atom. The molecule has 1 saturated heterocycles. The molecule has 1 fully saturated rings. The maximum absolute atomic E-state index is 13.8. The van der Waals surface area contributed by atoms with Crippen molar-refractivity contribution in [2.75, 3.05) is 45.3 Å². The summed E-state index contributed by atoms with van der Waals surface area (Å²) < 4.78 is 5.64. The number of Topliss-reactive ketones (excluding diaryl/α,β-unsaturated/α-hetero) is 1. The smallest absolute Gasteiger partial charge is 0.409 e. The number of ether oxygens (including phenoxy) is 1. The summed E-state index contributed by atoms with van der Waals surface area (Å²) >= 11 is 1.47. The van der Waals surface area contributed by atoms with Gasteiger partial charge in [-0.2, -0.15) is 11.8 Å². The number of carbonyl (C=O) groups is 6. The number of benzene rings is 1. The number of nitrogens with zero attached hydrogens (tertiary/aromatic N) is 3. The number of amides is 5. The van der Waals surface area contributed by atoms with Crippen molar-refractivity contribution in [2.45, 2.75) is 103 Å². The van der Waals surface area contributed by atoms with Crippen LogP contribution in [-0.2, 0) is 41.7 Å². The van der Waals surface area contributed by atoms with Crippen LogP contribution in [0.5, 0.6) is 0 Å². The number of likely N-dealkylation sites (tertiary alicyclic amines) is 1. The fraction of sp³-hybridized carbons (Fsp3) is 0.605. The lowest BCUT2D eigenvalue weighted by molar-refractivity contribution is -0.134. The first-order valence-electron chi connectivity index (χ1n) is 18.7. The lowest BCUT2D eigenvalue weighted by Gasteiger charge is -2.45. The summed E-state index contributed by atoms with van der Waals surface area (Å²) in [6.45, 7) is 10.2. The van der Waals surface area contributed by atoms with E-state index < -0.39 is 48.5 Å². The monoisotopic (exact) mass is 772 g/mol. The van der Waals surface area contributed by atoms with Crippen LogP contribution in [0.1, 0.15) is 78.0 Å². The second-order valence-corrected chi connectivity index (χ2v) is 14.4. The number of aromatic nitrogens is 2. The van der Waals surface area contributed by atoms with Gasteiger partial charge < -0.3 is 35.9 Å². The Morgan fingerprint density at radius 2 is 1.63 bits per heavy atom.